The van der Waals surface area contributed by atoms with Crippen molar-refractivity contribution in [1.82, 2.24) is 26.1 Å². The standard InChI is InChI=1S/C21H22F4N6O2S/c1-9-15(29-20(32)27-9)19-30-18(31-33-19)17-11(7-21(23,24)25)10-3-2-4-14(16(10)34-17)28-13-5-6-26-8-12(13)22/h2-4,9,12-13,15,26,28H,5-8H2,1H3,(H2,27,29,32)/t9-,12-,13+,15+/m0/s1. The highest BCUT2D eigenvalue weighted by Crippen LogP contribution is 2.44. The Labute approximate surface area is 195 Å². The molecule has 2 amide bonds. The van der Waals surface area contributed by atoms with E-state index in [2.05, 4.69) is 31.4 Å². The van der Waals surface area contributed by atoms with E-state index in [1.54, 1.807) is 25.1 Å². The molecule has 13 heteroatoms. The number of nitrogens with zero attached hydrogens (tertiary/aromatic N) is 2. The van der Waals surface area contributed by atoms with E-state index in [0.29, 0.717) is 28.7 Å². The van der Waals surface area contributed by atoms with Crippen LogP contribution in [0.15, 0.2) is 22.7 Å². The molecule has 4 atom stereocenters. The lowest BCUT2D eigenvalue weighted by molar-refractivity contribution is -0.126. The average molecular weight is 499 g/mol. The first kappa shape index (κ1) is 22.8. The SMILES string of the molecule is C[C@@H]1NC(=O)N[C@H]1c1nc(-c2sc3c(N[C@@H]4CCNC[C@@H]4F)cccc3c2CC(F)(F)F)no1. The average Bonchev–Trinajstić information content (AvgIpc) is 3.46. The van der Waals surface area contributed by atoms with Gasteiger partial charge in [-0.05, 0) is 36.9 Å². The number of carbonyl (C=O) groups excluding carboxylic acids is 1. The Balaban J connectivity index is 1.56. The van der Waals surface area contributed by atoms with Crippen molar-refractivity contribution in [2.24, 2.45) is 0 Å². The fraction of sp³-hybridized carbons (Fsp3) is 0.476. The van der Waals surface area contributed by atoms with Gasteiger partial charge in [-0.3, -0.25) is 0 Å². The van der Waals surface area contributed by atoms with Gasteiger partial charge in [0.1, 0.15) is 12.2 Å². The molecular formula is C21H22F4N6O2S. The van der Waals surface area contributed by atoms with Crippen molar-refractivity contribution >= 4 is 33.1 Å². The van der Waals surface area contributed by atoms with Crippen LogP contribution in [0.4, 0.5) is 28.0 Å². The van der Waals surface area contributed by atoms with Gasteiger partial charge < -0.3 is 25.8 Å². The van der Waals surface area contributed by atoms with Crippen LogP contribution in [0.25, 0.3) is 20.8 Å². The highest BCUT2D eigenvalue weighted by Gasteiger charge is 2.36. The predicted octanol–water partition coefficient (Wildman–Crippen LogP) is 3.91. The van der Waals surface area contributed by atoms with Crippen LogP contribution < -0.4 is 21.3 Å². The van der Waals surface area contributed by atoms with E-state index in [0.717, 1.165) is 11.3 Å². The minimum absolute atomic E-state index is 0.0139. The maximum absolute atomic E-state index is 14.4. The van der Waals surface area contributed by atoms with Crippen LogP contribution in [0.5, 0.6) is 0 Å². The zero-order valence-electron chi connectivity index (χ0n) is 18.0. The summed E-state index contributed by atoms with van der Waals surface area (Å²) >= 11 is 1.10. The van der Waals surface area contributed by atoms with Crippen LogP contribution in [0.1, 0.15) is 30.8 Å². The zero-order chi connectivity index (χ0) is 24.0. The highest BCUT2D eigenvalue weighted by atomic mass is 32.1. The summed E-state index contributed by atoms with van der Waals surface area (Å²) in [6.45, 7) is 2.62. The second-order valence-corrected chi connectivity index (χ2v) is 9.50. The van der Waals surface area contributed by atoms with Crippen LogP contribution in [-0.2, 0) is 6.42 Å². The Bertz CT molecular complexity index is 1210. The molecule has 0 radical (unpaired) electrons. The highest BCUT2D eigenvalue weighted by molar-refractivity contribution is 7.23. The van der Waals surface area contributed by atoms with Gasteiger partial charge in [-0.2, -0.15) is 18.2 Å². The van der Waals surface area contributed by atoms with Crippen molar-refractivity contribution in [2.45, 2.75) is 50.2 Å². The lowest BCUT2D eigenvalue weighted by atomic mass is 10.0. The topological polar surface area (TPSA) is 104 Å². The summed E-state index contributed by atoms with van der Waals surface area (Å²) in [6.07, 6.45) is -6.20. The molecule has 2 saturated heterocycles. The van der Waals surface area contributed by atoms with Crippen LogP contribution >= 0.6 is 11.3 Å². The van der Waals surface area contributed by atoms with E-state index >= 15 is 0 Å². The number of nitrogens with one attached hydrogen (secondary N) is 4. The quantitative estimate of drug-likeness (QED) is 0.398. The van der Waals surface area contributed by atoms with Gasteiger partial charge in [-0.25, -0.2) is 9.18 Å². The summed E-state index contributed by atoms with van der Waals surface area (Å²) in [4.78, 5) is 16.1. The van der Waals surface area contributed by atoms with E-state index in [1.807, 2.05) is 0 Å². The number of anilines is 1. The van der Waals surface area contributed by atoms with Gasteiger partial charge in [0.05, 0.1) is 33.8 Å². The minimum atomic E-state index is -4.46. The Morgan fingerprint density at radius 1 is 1.29 bits per heavy atom. The molecule has 0 unspecified atom stereocenters. The molecule has 0 aliphatic carbocycles. The number of thiophene rings is 1. The lowest BCUT2D eigenvalue weighted by Crippen LogP contribution is -2.45. The van der Waals surface area contributed by atoms with Crippen molar-refractivity contribution in [2.75, 3.05) is 18.4 Å². The van der Waals surface area contributed by atoms with Gasteiger partial charge in [-0.15, -0.1) is 11.3 Å². The van der Waals surface area contributed by atoms with E-state index in [-0.39, 0.29) is 34.7 Å². The molecule has 0 spiro atoms. The van der Waals surface area contributed by atoms with Crippen LogP contribution in [-0.4, -0.2) is 53.7 Å². The molecule has 0 bridgehead atoms. The van der Waals surface area contributed by atoms with E-state index in [9.17, 15) is 22.4 Å². The third-order valence-electron chi connectivity index (χ3n) is 6.00. The van der Waals surface area contributed by atoms with E-state index in [1.165, 1.54) is 0 Å². The second-order valence-electron chi connectivity index (χ2n) is 8.48. The molecule has 2 fully saturated rings. The molecule has 1 aromatic carbocycles. The summed E-state index contributed by atoms with van der Waals surface area (Å²) < 4.78 is 60.8. The van der Waals surface area contributed by atoms with Crippen LogP contribution in [0, 0.1) is 0 Å². The number of hydrogen-bond donors (Lipinski definition) is 4. The molecule has 4 N–H and O–H groups in total. The number of fused-ring (bicyclic) bond motifs is 1. The lowest BCUT2D eigenvalue weighted by Gasteiger charge is -2.28. The number of rotatable bonds is 5. The van der Waals surface area contributed by atoms with E-state index in [4.69, 9.17) is 4.52 Å². The van der Waals surface area contributed by atoms with Gasteiger partial charge in [-0.1, -0.05) is 17.3 Å². The number of carbonyl (C=O) groups is 1. The first-order valence-corrected chi connectivity index (χ1v) is 11.6. The Morgan fingerprint density at radius 3 is 2.82 bits per heavy atom. The van der Waals surface area contributed by atoms with Crippen molar-refractivity contribution in [3.05, 3.63) is 29.7 Å². The first-order valence-electron chi connectivity index (χ1n) is 10.8. The number of alkyl halides is 4. The summed E-state index contributed by atoms with van der Waals surface area (Å²) in [7, 11) is 0. The molecule has 2 aromatic heterocycles. The van der Waals surface area contributed by atoms with E-state index < -0.39 is 36.9 Å². The maximum atomic E-state index is 14.4. The van der Waals surface area contributed by atoms with Crippen molar-refractivity contribution in [3.8, 4) is 10.7 Å². The monoisotopic (exact) mass is 498 g/mol. The van der Waals surface area contributed by atoms with Gasteiger partial charge in [0.25, 0.3) is 5.89 Å². The fourth-order valence-corrected chi connectivity index (χ4v) is 5.57. The van der Waals surface area contributed by atoms with Gasteiger partial charge in [0.2, 0.25) is 5.82 Å². The molecule has 34 heavy (non-hydrogen) atoms. The largest absolute Gasteiger partial charge is 0.393 e. The Hall–Kier alpha value is -2.93. The normalized spacial score (nSPS) is 25.4. The molecule has 2 aliphatic heterocycles. The number of aromatic nitrogens is 2. The summed E-state index contributed by atoms with van der Waals surface area (Å²) in [5, 5.41) is 15.8. The molecule has 4 heterocycles. The number of amides is 2. The maximum Gasteiger partial charge on any atom is 0.393 e. The molecule has 182 valence electrons. The van der Waals surface area contributed by atoms with Crippen LogP contribution in [0.2, 0.25) is 0 Å². The number of urea groups is 1. The molecule has 8 nitrogen and oxygen atoms in total. The van der Waals surface area contributed by atoms with Gasteiger partial charge in [0.15, 0.2) is 0 Å². The van der Waals surface area contributed by atoms with Gasteiger partial charge in [0, 0.05) is 6.54 Å². The summed E-state index contributed by atoms with van der Waals surface area (Å²) in [6, 6.07) is 3.24. The third kappa shape index (κ3) is 4.41. The molecular weight excluding hydrogens is 476 g/mol. The smallest absolute Gasteiger partial charge is 0.378 e. The zero-order valence-corrected chi connectivity index (χ0v) is 18.8. The Morgan fingerprint density at radius 2 is 2.12 bits per heavy atom. The predicted molar refractivity (Wildman–Crippen MR) is 119 cm³/mol. The number of piperidine rings is 1. The minimum Gasteiger partial charge on any atom is -0.378 e. The van der Waals surface area contributed by atoms with Crippen molar-refractivity contribution in [3.63, 3.8) is 0 Å². The fourth-order valence-electron chi connectivity index (χ4n) is 4.35. The van der Waals surface area contributed by atoms with Crippen molar-refractivity contribution in [1.29, 1.82) is 0 Å². The third-order valence-corrected chi connectivity index (χ3v) is 7.28. The Kier molecular flexibility index (Phi) is 5.84. The van der Waals surface area contributed by atoms with Gasteiger partial charge >= 0.3 is 12.2 Å². The van der Waals surface area contributed by atoms with Crippen molar-refractivity contribution < 1.29 is 26.9 Å². The number of halogens is 4. The molecule has 0 saturated carbocycles. The molecule has 5 rings (SSSR count). The molecule has 3 aromatic rings. The number of hydrogen-bond acceptors (Lipinski definition) is 7. The summed E-state index contributed by atoms with van der Waals surface area (Å²) in [5.41, 5.74) is 0.601. The van der Waals surface area contributed by atoms with Crippen LogP contribution in [0.3, 0.4) is 0 Å². The second kappa shape index (κ2) is 8.69. The molecule has 2 aliphatic rings. The first-order chi connectivity index (χ1) is 16.2. The number of benzene rings is 1. The summed E-state index contributed by atoms with van der Waals surface area (Å²) in [5.74, 6) is 0.115.